The summed E-state index contributed by atoms with van der Waals surface area (Å²) in [4.78, 5) is 36.9. The zero-order chi connectivity index (χ0) is 25.1. The van der Waals surface area contributed by atoms with Gasteiger partial charge in [0.15, 0.2) is 0 Å². The van der Waals surface area contributed by atoms with Gasteiger partial charge in [-0.1, -0.05) is 44.9 Å². The molecule has 0 radical (unpaired) electrons. The molecule has 0 fully saturated rings. The Bertz CT molecular complexity index is 984. The maximum absolute atomic E-state index is 13.0. The van der Waals surface area contributed by atoms with Crippen molar-refractivity contribution < 1.29 is 19.1 Å². The highest BCUT2D eigenvalue weighted by Gasteiger charge is 2.24. The average Bonchev–Trinajstić information content (AvgIpc) is 2.75. The number of halogens is 1. The Kier molecular flexibility index (Phi) is 11.8. The average molecular weight is 494 g/mol. The summed E-state index contributed by atoms with van der Waals surface area (Å²) in [7, 11) is 1.26. The van der Waals surface area contributed by atoms with Gasteiger partial charge in [-0.05, 0) is 66.8 Å². The van der Waals surface area contributed by atoms with Crippen molar-refractivity contribution in [3.05, 3.63) is 58.1 Å². The molecule has 2 aromatic carbocycles. The van der Waals surface area contributed by atoms with Gasteiger partial charge in [0.05, 0.1) is 12.7 Å². The van der Waals surface area contributed by atoms with Crippen LogP contribution < -0.4 is 11.5 Å². The minimum Gasteiger partial charge on any atom is -0.465 e. The number of primary amides is 1. The molecule has 9 heteroatoms. The molecule has 1 unspecified atom stereocenters. The van der Waals surface area contributed by atoms with E-state index in [4.69, 9.17) is 23.1 Å². The lowest BCUT2D eigenvalue weighted by Crippen LogP contribution is -2.37. The monoisotopic (exact) mass is 493 g/mol. The van der Waals surface area contributed by atoms with Gasteiger partial charge < -0.3 is 16.2 Å². The van der Waals surface area contributed by atoms with Crippen LogP contribution in [0.25, 0.3) is 0 Å². The van der Waals surface area contributed by atoms with Crippen LogP contribution in [-0.4, -0.2) is 35.7 Å². The third kappa shape index (κ3) is 8.98. The molecule has 33 heavy (non-hydrogen) atoms. The molecule has 2 aromatic rings. The molecule has 4 N–H and O–H groups in total. The molecule has 0 aliphatic rings. The van der Waals surface area contributed by atoms with Gasteiger partial charge in [0, 0.05) is 21.5 Å². The first-order valence-corrected chi connectivity index (χ1v) is 11.7. The summed E-state index contributed by atoms with van der Waals surface area (Å²) in [6.45, 7) is 7.72. The number of anilines is 1. The molecule has 0 aliphatic carbocycles. The van der Waals surface area contributed by atoms with Crippen molar-refractivity contribution in [2.75, 3.05) is 19.4 Å². The zero-order valence-electron chi connectivity index (χ0n) is 19.7. The summed E-state index contributed by atoms with van der Waals surface area (Å²) >= 11 is 7.11. The van der Waals surface area contributed by atoms with Crippen LogP contribution in [0.3, 0.4) is 0 Å². The first-order valence-electron chi connectivity index (χ1n) is 10.5. The van der Waals surface area contributed by atoms with Gasteiger partial charge in [0.25, 0.3) is 0 Å². The molecule has 0 bridgehead atoms. The fourth-order valence-electron chi connectivity index (χ4n) is 2.84. The van der Waals surface area contributed by atoms with Crippen LogP contribution in [0.15, 0.2) is 41.3 Å². The fourth-order valence-corrected chi connectivity index (χ4v) is 4.06. The van der Waals surface area contributed by atoms with E-state index < -0.39 is 17.8 Å². The fraction of sp³-hybridized carbons (Fsp3) is 0.375. The Balaban J connectivity index is 0.00000172. The predicted molar refractivity (Wildman–Crippen MR) is 134 cm³/mol. The zero-order valence-corrected chi connectivity index (χ0v) is 21.3. The van der Waals surface area contributed by atoms with Crippen LogP contribution >= 0.6 is 23.5 Å². The summed E-state index contributed by atoms with van der Waals surface area (Å²) in [6, 6.07) is 10.2. The lowest BCUT2D eigenvalue weighted by atomic mass is 9.97. The lowest BCUT2D eigenvalue weighted by molar-refractivity contribution is -0.132. The Morgan fingerprint density at radius 1 is 1.15 bits per heavy atom. The van der Waals surface area contributed by atoms with Crippen molar-refractivity contribution in [3.63, 3.8) is 0 Å². The van der Waals surface area contributed by atoms with Crippen LogP contribution in [0, 0.1) is 12.8 Å². The summed E-state index contributed by atoms with van der Waals surface area (Å²) in [6.07, 6.45) is 1.71. The second kappa shape index (κ2) is 13.7. The molecule has 2 rings (SSSR count). The smallest absolute Gasteiger partial charge is 0.339 e. The number of amides is 2. The van der Waals surface area contributed by atoms with Crippen molar-refractivity contribution >= 4 is 47.0 Å². The summed E-state index contributed by atoms with van der Waals surface area (Å²) < 4.78 is 5.98. The van der Waals surface area contributed by atoms with Gasteiger partial charge in [-0.3, -0.25) is 13.9 Å². The number of benzene rings is 2. The minimum atomic E-state index is -0.638. The highest BCUT2D eigenvalue weighted by atomic mass is 35.5. The van der Waals surface area contributed by atoms with E-state index in [0.29, 0.717) is 16.3 Å². The number of hydrogen-bond acceptors (Lipinski definition) is 6. The molecule has 0 aliphatic heterocycles. The van der Waals surface area contributed by atoms with E-state index >= 15 is 0 Å². The van der Waals surface area contributed by atoms with Crippen LogP contribution in [-0.2, 0) is 20.7 Å². The van der Waals surface area contributed by atoms with Gasteiger partial charge in [-0.2, -0.15) is 0 Å². The van der Waals surface area contributed by atoms with Crippen LogP contribution in [0.2, 0.25) is 5.02 Å². The maximum atomic E-state index is 13.0. The Labute approximate surface area is 204 Å². The maximum Gasteiger partial charge on any atom is 0.339 e. The molecule has 0 saturated carbocycles. The second-order valence-electron chi connectivity index (χ2n) is 7.56. The number of aryl methyl sites for hydroxylation is 1. The first kappa shape index (κ1) is 28.3. The number of hydrogen-bond donors (Lipinski definition) is 2. The molecule has 1 atom stereocenters. The van der Waals surface area contributed by atoms with Crippen molar-refractivity contribution in [2.45, 2.75) is 45.4 Å². The Hall–Kier alpha value is -2.71. The van der Waals surface area contributed by atoms with Gasteiger partial charge >= 0.3 is 5.97 Å². The normalized spacial score (nSPS) is 11.1. The molecule has 7 nitrogen and oxygen atoms in total. The molecular formula is C24H32ClN3O4S. The van der Waals surface area contributed by atoms with E-state index in [0.717, 1.165) is 23.1 Å². The second-order valence-corrected chi connectivity index (χ2v) is 9.09. The number of rotatable bonds is 8. The standard InChI is InChI=1S/C21H24ClN3O4S.C3H8/c1-12-4-5-15(22)9-14(12)8-13(2)20(27)25(11-19(24)26)30-16-6-7-17(18(23)10-16)21(28)29-3;1-3-2/h4-7,9-10,13H,8,11,23H2,1-3H3,(H2,24,26);3H2,1-2H3. The molecule has 0 saturated heterocycles. The molecule has 0 heterocycles. The number of carbonyl (C=O) groups is 3. The molecule has 2 amide bonds. The number of esters is 1. The van der Waals surface area contributed by atoms with E-state index in [1.807, 2.05) is 19.1 Å². The molecule has 180 valence electrons. The third-order valence-corrected chi connectivity index (χ3v) is 5.68. The van der Waals surface area contributed by atoms with Crippen LogP contribution in [0.4, 0.5) is 5.69 Å². The summed E-state index contributed by atoms with van der Waals surface area (Å²) in [5.41, 5.74) is 13.7. The SMILES string of the molecule is CCC.COC(=O)c1ccc(SN(CC(N)=O)C(=O)C(C)Cc2cc(Cl)ccc2C)cc1N. The largest absolute Gasteiger partial charge is 0.465 e. The van der Waals surface area contributed by atoms with Gasteiger partial charge in [-0.25, -0.2) is 4.79 Å². The number of nitrogen functional groups attached to an aromatic ring is 1. The topological polar surface area (TPSA) is 116 Å². The lowest BCUT2D eigenvalue weighted by Gasteiger charge is -2.24. The summed E-state index contributed by atoms with van der Waals surface area (Å²) in [5, 5.41) is 0.597. The first-order chi connectivity index (χ1) is 15.5. The number of nitrogens with zero attached hydrogens (tertiary/aromatic N) is 1. The summed E-state index contributed by atoms with van der Waals surface area (Å²) in [5.74, 6) is -1.87. The van der Waals surface area contributed by atoms with E-state index in [2.05, 4.69) is 18.6 Å². The molecule has 0 spiro atoms. The van der Waals surface area contributed by atoms with Crippen LogP contribution in [0.1, 0.15) is 48.7 Å². The van der Waals surface area contributed by atoms with E-state index in [-0.39, 0.29) is 23.7 Å². The highest BCUT2D eigenvalue weighted by Crippen LogP contribution is 2.29. The number of nitrogens with two attached hydrogens (primary N) is 2. The van der Waals surface area contributed by atoms with Crippen molar-refractivity contribution in [3.8, 4) is 0 Å². The van der Waals surface area contributed by atoms with Crippen molar-refractivity contribution in [1.29, 1.82) is 0 Å². The van der Waals surface area contributed by atoms with E-state index in [1.54, 1.807) is 25.1 Å². The van der Waals surface area contributed by atoms with Gasteiger partial charge in [0.1, 0.15) is 6.54 Å². The molecular weight excluding hydrogens is 462 g/mol. The predicted octanol–water partition coefficient (Wildman–Crippen LogP) is 4.63. The minimum absolute atomic E-state index is 0.209. The number of carbonyl (C=O) groups excluding carboxylic acids is 3. The number of ether oxygens (including phenoxy) is 1. The van der Waals surface area contributed by atoms with Crippen LogP contribution in [0.5, 0.6) is 0 Å². The van der Waals surface area contributed by atoms with Crippen molar-refractivity contribution in [2.24, 2.45) is 11.7 Å². The quantitative estimate of drug-likeness (QED) is 0.314. The van der Waals surface area contributed by atoms with E-state index in [9.17, 15) is 14.4 Å². The van der Waals surface area contributed by atoms with Gasteiger partial charge in [-0.15, -0.1) is 0 Å². The third-order valence-electron chi connectivity index (χ3n) is 4.45. The van der Waals surface area contributed by atoms with Gasteiger partial charge in [0.2, 0.25) is 11.8 Å². The number of methoxy groups -OCH3 is 1. The van der Waals surface area contributed by atoms with E-state index in [1.165, 1.54) is 23.9 Å². The molecule has 0 aromatic heterocycles. The Morgan fingerprint density at radius 3 is 2.33 bits per heavy atom. The van der Waals surface area contributed by atoms with Crippen molar-refractivity contribution in [1.82, 2.24) is 4.31 Å². The Morgan fingerprint density at radius 2 is 1.79 bits per heavy atom. The highest BCUT2D eigenvalue weighted by molar-refractivity contribution is 7.97.